The first-order valence-corrected chi connectivity index (χ1v) is 5.95. The van der Waals surface area contributed by atoms with Gasteiger partial charge in [-0.15, -0.1) is 11.3 Å². The highest BCUT2D eigenvalue weighted by molar-refractivity contribution is 7.07. The van der Waals surface area contributed by atoms with E-state index in [1.165, 1.54) is 0 Å². The summed E-state index contributed by atoms with van der Waals surface area (Å²) in [7, 11) is 1.82. The Morgan fingerprint density at radius 3 is 2.93 bits per heavy atom. The minimum Gasteiger partial charge on any atom is -0.339 e. The largest absolute Gasteiger partial charge is 0.339 e. The predicted octanol–water partition coefficient (Wildman–Crippen LogP) is 0.840. The van der Waals surface area contributed by atoms with Gasteiger partial charge in [0.1, 0.15) is 0 Å². The Morgan fingerprint density at radius 2 is 2.47 bits per heavy atom. The zero-order chi connectivity index (χ0) is 10.9. The fourth-order valence-electron chi connectivity index (χ4n) is 1.69. The topological polar surface area (TPSA) is 59.2 Å². The van der Waals surface area contributed by atoms with Gasteiger partial charge < -0.3 is 10.6 Å². The van der Waals surface area contributed by atoms with E-state index >= 15 is 0 Å². The minimum atomic E-state index is -0.245. The van der Waals surface area contributed by atoms with Crippen LogP contribution in [0, 0.1) is 5.41 Å². The van der Waals surface area contributed by atoms with Gasteiger partial charge in [-0.3, -0.25) is 4.79 Å². The minimum absolute atomic E-state index is 0.165. The van der Waals surface area contributed by atoms with Crippen molar-refractivity contribution in [3.63, 3.8) is 0 Å². The lowest BCUT2D eigenvalue weighted by atomic mass is 10.1. The van der Waals surface area contributed by atoms with Crippen molar-refractivity contribution >= 4 is 17.2 Å². The molecule has 0 aliphatic heterocycles. The first-order chi connectivity index (χ1) is 7.18. The molecule has 2 N–H and O–H groups in total. The molecule has 1 aliphatic rings. The van der Waals surface area contributed by atoms with Crippen molar-refractivity contribution in [1.82, 2.24) is 9.88 Å². The molecule has 4 nitrogen and oxygen atoms in total. The molecule has 0 unspecified atom stereocenters. The monoisotopic (exact) mass is 225 g/mol. The molecule has 0 spiro atoms. The van der Waals surface area contributed by atoms with E-state index in [2.05, 4.69) is 4.98 Å². The molecule has 5 heteroatoms. The van der Waals surface area contributed by atoms with Crippen LogP contribution in [-0.2, 0) is 11.3 Å². The SMILES string of the molecule is CN(Cc1cscn1)C(=O)C1(CN)CC1. The Bertz CT molecular complexity index is 346. The quantitative estimate of drug-likeness (QED) is 0.826. The molecule has 0 atom stereocenters. The third kappa shape index (κ3) is 2.03. The molecule has 0 aromatic carbocycles. The predicted molar refractivity (Wildman–Crippen MR) is 59.3 cm³/mol. The van der Waals surface area contributed by atoms with E-state index in [1.807, 2.05) is 12.4 Å². The van der Waals surface area contributed by atoms with Gasteiger partial charge in [-0.1, -0.05) is 0 Å². The van der Waals surface area contributed by atoms with E-state index in [1.54, 1.807) is 21.7 Å². The van der Waals surface area contributed by atoms with Crippen LogP contribution < -0.4 is 5.73 Å². The highest BCUT2D eigenvalue weighted by Gasteiger charge is 2.49. The Hall–Kier alpha value is -0.940. The van der Waals surface area contributed by atoms with E-state index in [0.29, 0.717) is 13.1 Å². The van der Waals surface area contributed by atoms with Crippen LogP contribution in [0.1, 0.15) is 18.5 Å². The van der Waals surface area contributed by atoms with Crippen LogP contribution in [0.4, 0.5) is 0 Å². The number of hydrogen-bond donors (Lipinski definition) is 1. The third-order valence-electron chi connectivity index (χ3n) is 2.93. The van der Waals surface area contributed by atoms with E-state index < -0.39 is 0 Å². The summed E-state index contributed by atoms with van der Waals surface area (Å²) in [5, 5.41) is 1.96. The zero-order valence-corrected chi connectivity index (χ0v) is 9.59. The van der Waals surface area contributed by atoms with E-state index in [4.69, 9.17) is 5.73 Å². The third-order valence-corrected chi connectivity index (χ3v) is 3.56. The van der Waals surface area contributed by atoms with E-state index in [0.717, 1.165) is 18.5 Å². The molecule has 1 fully saturated rings. The second-order valence-electron chi connectivity index (χ2n) is 4.13. The Balaban J connectivity index is 1.96. The van der Waals surface area contributed by atoms with Gasteiger partial charge in [0.25, 0.3) is 0 Å². The van der Waals surface area contributed by atoms with E-state index in [9.17, 15) is 4.79 Å². The van der Waals surface area contributed by atoms with Gasteiger partial charge in [-0.25, -0.2) is 4.98 Å². The molecular weight excluding hydrogens is 210 g/mol. The lowest BCUT2D eigenvalue weighted by Gasteiger charge is -2.21. The molecule has 15 heavy (non-hydrogen) atoms. The first kappa shape index (κ1) is 10.6. The Morgan fingerprint density at radius 1 is 1.73 bits per heavy atom. The van der Waals surface area contributed by atoms with Gasteiger partial charge in [0.05, 0.1) is 23.2 Å². The van der Waals surface area contributed by atoms with Gasteiger partial charge >= 0.3 is 0 Å². The highest BCUT2D eigenvalue weighted by Crippen LogP contribution is 2.46. The Kier molecular flexibility index (Phi) is 2.75. The normalized spacial score (nSPS) is 17.5. The summed E-state index contributed by atoms with van der Waals surface area (Å²) >= 11 is 1.55. The fraction of sp³-hybridized carbons (Fsp3) is 0.600. The molecule has 82 valence electrons. The van der Waals surface area contributed by atoms with Crippen molar-refractivity contribution in [2.24, 2.45) is 11.1 Å². The molecule has 1 aliphatic carbocycles. The number of nitrogens with two attached hydrogens (primary N) is 1. The summed E-state index contributed by atoms with van der Waals surface area (Å²) in [6.07, 6.45) is 1.87. The number of nitrogens with zero attached hydrogens (tertiary/aromatic N) is 2. The number of thiazole rings is 1. The molecule has 0 saturated heterocycles. The van der Waals surface area contributed by atoms with Gasteiger partial charge in [-0.2, -0.15) is 0 Å². The maximum Gasteiger partial charge on any atom is 0.230 e. The van der Waals surface area contributed by atoms with Crippen molar-refractivity contribution in [2.45, 2.75) is 19.4 Å². The number of hydrogen-bond acceptors (Lipinski definition) is 4. The lowest BCUT2D eigenvalue weighted by Crippen LogP contribution is -2.37. The summed E-state index contributed by atoms with van der Waals surface area (Å²) < 4.78 is 0. The average Bonchev–Trinajstić information content (AvgIpc) is 2.89. The van der Waals surface area contributed by atoms with Gasteiger partial charge in [0.2, 0.25) is 5.91 Å². The van der Waals surface area contributed by atoms with Gasteiger partial charge in [0, 0.05) is 19.0 Å². The summed E-state index contributed by atoms with van der Waals surface area (Å²) in [5.41, 5.74) is 8.10. The summed E-state index contributed by atoms with van der Waals surface area (Å²) in [6, 6.07) is 0. The molecule has 0 radical (unpaired) electrons. The fourth-order valence-corrected chi connectivity index (χ4v) is 2.24. The summed E-state index contributed by atoms with van der Waals surface area (Å²) in [5.74, 6) is 0.165. The van der Waals surface area contributed by atoms with Crippen molar-refractivity contribution in [3.05, 3.63) is 16.6 Å². The summed E-state index contributed by atoms with van der Waals surface area (Å²) in [6.45, 7) is 1.05. The number of aromatic nitrogens is 1. The molecule has 2 rings (SSSR count). The molecular formula is C10H15N3OS. The lowest BCUT2D eigenvalue weighted by molar-refractivity contribution is -0.135. The van der Waals surface area contributed by atoms with Crippen LogP contribution in [0.5, 0.6) is 0 Å². The van der Waals surface area contributed by atoms with Crippen LogP contribution in [0.15, 0.2) is 10.9 Å². The van der Waals surface area contributed by atoms with Crippen molar-refractivity contribution < 1.29 is 4.79 Å². The van der Waals surface area contributed by atoms with E-state index in [-0.39, 0.29) is 11.3 Å². The maximum atomic E-state index is 12.0. The van der Waals surface area contributed by atoms with Crippen molar-refractivity contribution in [2.75, 3.05) is 13.6 Å². The highest BCUT2D eigenvalue weighted by atomic mass is 32.1. The van der Waals surface area contributed by atoms with Crippen LogP contribution in [-0.4, -0.2) is 29.4 Å². The van der Waals surface area contributed by atoms with Crippen molar-refractivity contribution in [1.29, 1.82) is 0 Å². The number of rotatable bonds is 4. The number of amides is 1. The Labute approximate surface area is 93.1 Å². The van der Waals surface area contributed by atoms with Crippen LogP contribution >= 0.6 is 11.3 Å². The molecule has 1 heterocycles. The molecule has 1 aromatic rings. The maximum absolute atomic E-state index is 12.0. The molecule has 1 amide bonds. The zero-order valence-electron chi connectivity index (χ0n) is 8.77. The standard InChI is InChI=1S/C10H15N3OS/c1-13(4-8-5-15-7-12-8)9(14)10(6-11)2-3-10/h5,7H,2-4,6,11H2,1H3. The second-order valence-corrected chi connectivity index (χ2v) is 4.84. The number of carbonyl (C=O) groups excluding carboxylic acids is 1. The van der Waals surface area contributed by atoms with Gasteiger partial charge in [-0.05, 0) is 12.8 Å². The second kappa shape index (κ2) is 3.90. The molecule has 1 saturated carbocycles. The first-order valence-electron chi connectivity index (χ1n) is 5.01. The summed E-state index contributed by atoms with van der Waals surface area (Å²) in [4.78, 5) is 17.9. The smallest absolute Gasteiger partial charge is 0.230 e. The average molecular weight is 225 g/mol. The number of carbonyl (C=O) groups is 1. The van der Waals surface area contributed by atoms with Crippen LogP contribution in [0.3, 0.4) is 0 Å². The molecule has 0 bridgehead atoms. The van der Waals surface area contributed by atoms with Gasteiger partial charge in [0.15, 0.2) is 0 Å². The van der Waals surface area contributed by atoms with Crippen LogP contribution in [0.2, 0.25) is 0 Å². The van der Waals surface area contributed by atoms with Crippen LogP contribution in [0.25, 0.3) is 0 Å². The molecule has 1 aromatic heterocycles. The van der Waals surface area contributed by atoms with Crippen molar-refractivity contribution in [3.8, 4) is 0 Å².